The van der Waals surface area contributed by atoms with Crippen molar-refractivity contribution in [3.8, 4) is 11.8 Å². The van der Waals surface area contributed by atoms with E-state index in [0.717, 1.165) is 18.0 Å². The van der Waals surface area contributed by atoms with Crippen LogP contribution in [0.5, 0.6) is 0 Å². The topological polar surface area (TPSA) is 43.8 Å². The standard InChI is InChI=1S/C10H13N3/c11-5-1-2-10-6-12-13(8-10)7-9-3-4-9/h6,8-9H,3-5,7,11H2. The van der Waals surface area contributed by atoms with E-state index in [0.29, 0.717) is 6.54 Å². The predicted molar refractivity (Wildman–Crippen MR) is 50.9 cm³/mol. The smallest absolute Gasteiger partial charge is 0.0646 e. The summed E-state index contributed by atoms with van der Waals surface area (Å²) in [6, 6.07) is 0. The maximum absolute atomic E-state index is 5.27. The minimum absolute atomic E-state index is 0.411. The first-order chi connectivity index (χ1) is 6.38. The number of aromatic nitrogens is 2. The zero-order valence-corrected chi connectivity index (χ0v) is 7.53. The van der Waals surface area contributed by atoms with Crippen molar-refractivity contribution < 1.29 is 0 Å². The van der Waals surface area contributed by atoms with E-state index in [9.17, 15) is 0 Å². The lowest BCUT2D eigenvalue weighted by atomic mass is 10.3. The molecule has 0 aliphatic heterocycles. The van der Waals surface area contributed by atoms with Crippen LogP contribution in [0, 0.1) is 17.8 Å². The predicted octanol–water partition coefficient (Wildman–Crippen LogP) is 0.603. The molecule has 3 nitrogen and oxygen atoms in total. The molecule has 1 heterocycles. The van der Waals surface area contributed by atoms with Gasteiger partial charge in [-0.2, -0.15) is 5.10 Å². The number of hydrogen-bond donors (Lipinski definition) is 1. The first-order valence-corrected chi connectivity index (χ1v) is 4.60. The van der Waals surface area contributed by atoms with Crippen LogP contribution in [0.1, 0.15) is 18.4 Å². The Morgan fingerprint density at radius 3 is 3.15 bits per heavy atom. The molecular formula is C10H13N3. The summed E-state index contributed by atoms with van der Waals surface area (Å²) in [6.45, 7) is 1.46. The number of hydrogen-bond acceptors (Lipinski definition) is 2. The largest absolute Gasteiger partial charge is 0.320 e. The van der Waals surface area contributed by atoms with E-state index < -0.39 is 0 Å². The van der Waals surface area contributed by atoms with Gasteiger partial charge in [0.25, 0.3) is 0 Å². The van der Waals surface area contributed by atoms with Gasteiger partial charge in [0.2, 0.25) is 0 Å². The molecule has 1 saturated carbocycles. The fourth-order valence-electron chi connectivity index (χ4n) is 1.25. The summed E-state index contributed by atoms with van der Waals surface area (Å²) in [4.78, 5) is 0. The molecule has 68 valence electrons. The van der Waals surface area contributed by atoms with Crippen molar-refractivity contribution in [2.75, 3.05) is 6.54 Å². The average molecular weight is 175 g/mol. The molecule has 0 saturated heterocycles. The number of rotatable bonds is 2. The van der Waals surface area contributed by atoms with Crippen LogP contribution < -0.4 is 5.73 Å². The van der Waals surface area contributed by atoms with Crippen LogP contribution in [0.25, 0.3) is 0 Å². The quantitative estimate of drug-likeness (QED) is 0.669. The van der Waals surface area contributed by atoms with Crippen molar-refractivity contribution in [1.82, 2.24) is 9.78 Å². The normalized spacial score (nSPS) is 15.2. The molecule has 1 aliphatic carbocycles. The minimum Gasteiger partial charge on any atom is -0.320 e. The number of nitrogens with zero attached hydrogens (tertiary/aromatic N) is 2. The lowest BCUT2D eigenvalue weighted by Gasteiger charge is -1.95. The van der Waals surface area contributed by atoms with Crippen LogP contribution in [0.2, 0.25) is 0 Å². The highest BCUT2D eigenvalue weighted by Gasteiger charge is 2.21. The molecule has 3 heteroatoms. The van der Waals surface area contributed by atoms with Gasteiger partial charge < -0.3 is 5.73 Å². The van der Waals surface area contributed by atoms with E-state index in [1.165, 1.54) is 12.8 Å². The Bertz CT molecular complexity index is 339. The molecule has 13 heavy (non-hydrogen) atoms. The summed E-state index contributed by atoms with van der Waals surface area (Å²) in [7, 11) is 0. The van der Waals surface area contributed by atoms with E-state index in [1.807, 2.05) is 10.9 Å². The van der Waals surface area contributed by atoms with Crippen LogP contribution in [-0.2, 0) is 6.54 Å². The third-order valence-electron chi connectivity index (χ3n) is 2.11. The molecule has 0 unspecified atom stereocenters. The maximum atomic E-state index is 5.27. The van der Waals surface area contributed by atoms with Crippen LogP contribution >= 0.6 is 0 Å². The Morgan fingerprint density at radius 2 is 2.46 bits per heavy atom. The lowest BCUT2D eigenvalue weighted by Crippen LogP contribution is -1.99. The second-order valence-corrected chi connectivity index (χ2v) is 3.40. The van der Waals surface area contributed by atoms with Crippen LogP contribution in [0.3, 0.4) is 0 Å². The summed E-state index contributed by atoms with van der Waals surface area (Å²) >= 11 is 0. The summed E-state index contributed by atoms with van der Waals surface area (Å²) in [6.07, 6.45) is 6.49. The molecule has 0 bridgehead atoms. The average Bonchev–Trinajstić information content (AvgIpc) is 2.81. The molecule has 1 aromatic heterocycles. The molecule has 0 radical (unpaired) electrons. The fourth-order valence-corrected chi connectivity index (χ4v) is 1.25. The summed E-state index contributed by atoms with van der Waals surface area (Å²) in [5, 5.41) is 4.22. The van der Waals surface area contributed by atoms with E-state index in [4.69, 9.17) is 5.73 Å². The van der Waals surface area contributed by atoms with Gasteiger partial charge in [0.1, 0.15) is 0 Å². The molecular weight excluding hydrogens is 162 g/mol. The highest BCUT2D eigenvalue weighted by molar-refractivity contribution is 5.29. The van der Waals surface area contributed by atoms with Crippen molar-refractivity contribution in [3.63, 3.8) is 0 Å². The van der Waals surface area contributed by atoms with E-state index >= 15 is 0 Å². The van der Waals surface area contributed by atoms with Crippen molar-refractivity contribution >= 4 is 0 Å². The van der Waals surface area contributed by atoms with Crippen LogP contribution in [-0.4, -0.2) is 16.3 Å². The van der Waals surface area contributed by atoms with E-state index in [-0.39, 0.29) is 0 Å². The highest BCUT2D eigenvalue weighted by Crippen LogP contribution is 2.30. The van der Waals surface area contributed by atoms with Crippen molar-refractivity contribution in [3.05, 3.63) is 18.0 Å². The maximum Gasteiger partial charge on any atom is 0.0646 e. The molecule has 1 aliphatic rings. The van der Waals surface area contributed by atoms with Crippen LogP contribution in [0.4, 0.5) is 0 Å². The van der Waals surface area contributed by atoms with Crippen molar-refractivity contribution in [2.45, 2.75) is 19.4 Å². The second kappa shape index (κ2) is 3.63. The molecule has 1 aromatic rings. The lowest BCUT2D eigenvalue weighted by molar-refractivity contribution is 0.563. The highest BCUT2D eigenvalue weighted by atomic mass is 15.3. The first kappa shape index (κ1) is 8.33. The van der Waals surface area contributed by atoms with Gasteiger partial charge in [0.15, 0.2) is 0 Å². The van der Waals surface area contributed by atoms with Gasteiger partial charge in [0, 0.05) is 12.7 Å². The summed E-state index contributed by atoms with van der Waals surface area (Å²) in [5.41, 5.74) is 6.24. The first-order valence-electron chi connectivity index (χ1n) is 4.60. The molecule has 0 aromatic carbocycles. The molecule has 0 spiro atoms. The Hall–Kier alpha value is -1.27. The van der Waals surface area contributed by atoms with Gasteiger partial charge >= 0.3 is 0 Å². The van der Waals surface area contributed by atoms with Gasteiger partial charge in [-0.3, -0.25) is 4.68 Å². The van der Waals surface area contributed by atoms with Gasteiger partial charge in [-0.15, -0.1) is 0 Å². The van der Waals surface area contributed by atoms with E-state index in [1.54, 1.807) is 6.20 Å². The van der Waals surface area contributed by atoms with E-state index in [2.05, 4.69) is 16.9 Å². The van der Waals surface area contributed by atoms with Gasteiger partial charge in [-0.1, -0.05) is 11.8 Å². The van der Waals surface area contributed by atoms with Crippen molar-refractivity contribution in [2.24, 2.45) is 11.7 Å². The van der Waals surface area contributed by atoms with Gasteiger partial charge in [-0.25, -0.2) is 0 Å². The number of nitrogens with two attached hydrogens (primary N) is 1. The zero-order chi connectivity index (χ0) is 9.10. The summed E-state index contributed by atoms with van der Waals surface area (Å²) in [5.74, 6) is 6.63. The zero-order valence-electron chi connectivity index (χ0n) is 7.53. The van der Waals surface area contributed by atoms with Crippen LogP contribution in [0.15, 0.2) is 12.4 Å². The Kier molecular flexibility index (Phi) is 2.33. The van der Waals surface area contributed by atoms with Gasteiger partial charge in [-0.05, 0) is 18.8 Å². The SMILES string of the molecule is NCC#Cc1cnn(CC2CC2)c1. The molecule has 1 fully saturated rings. The monoisotopic (exact) mass is 175 g/mol. The Balaban J connectivity index is 1.99. The minimum atomic E-state index is 0.411. The fraction of sp³-hybridized carbons (Fsp3) is 0.500. The second-order valence-electron chi connectivity index (χ2n) is 3.40. The Morgan fingerprint density at radius 1 is 1.62 bits per heavy atom. The van der Waals surface area contributed by atoms with Gasteiger partial charge in [0.05, 0.1) is 18.3 Å². The summed E-state index contributed by atoms with van der Waals surface area (Å²) < 4.78 is 1.97. The Labute approximate surface area is 77.9 Å². The molecule has 2 N–H and O–H groups in total. The molecule has 0 atom stereocenters. The third kappa shape index (κ3) is 2.33. The molecule has 2 rings (SSSR count). The third-order valence-corrected chi connectivity index (χ3v) is 2.11. The van der Waals surface area contributed by atoms with Crippen molar-refractivity contribution in [1.29, 1.82) is 0 Å². The molecule has 0 amide bonds.